The normalized spacial score (nSPS) is 14.8. The van der Waals surface area contributed by atoms with E-state index in [2.05, 4.69) is 10.3 Å². The molecule has 2 aromatic rings. The van der Waals surface area contributed by atoms with Crippen LogP contribution >= 0.6 is 11.3 Å². The van der Waals surface area contributed by atoms with E-state index in [1.807, 2.05) is 36.6 Å². The van der Waals surface area contributed by atoms with Crippen LogP contribution in [-0.2, 0) is 16.0 Å². The van der Waals surface area contributed by atoms with Gasteiger partial charge in [-0.2, -0.15) is 0 Å². The second-order valence-corrected chi connectivity index (χ2v) is 7.00. The van der Waals surface area contributed by atoms with Gasteiger partial charge in [0.15, 0.2) is 0 Å². The molecule has 1 fully saturated rings. The maximum Gasteiger partial charge on any atom is 0.311 e. The van der Waals surface area contributed by atoms with Gasteiger partial charge in [-0.15, -0.1) is 11.3 Å². The Hall–Kier alpha value is -2.41. The van der Waals surface area contributed by atoms with Crippen LogP contribution in [0, 0.1) is 5.41 Å². The minimum atomic E-state index is -0.834. The minimum Gasteiger partial charge on any atom is -0.494 e. The number of hydrogen-bond donors (Lipinski definition) is 2. The Bertz CT molecular complexity index is 766. The number of hydrogen-bond acceptors (Lipinski definition) is 5. The molecule has 1 aromatic heterocycles. The monoisotopic (exact) mass is 360 g/mol. The van der Waals surface area contributed by atoms with Crippen LogP contribution in [0.1, 0.15) is 25.5 Å². The zero-order chi connectivity index (χ0) is 17.9. The van der Waals surface area contributed by atoms with Gasteiger partial charge in [-0.25, -0.2) is 4.98 Å². The first-order valence-corrected chi connectivity index (χ1v) is 9.08. The first-order chi connectivity index (χ1) is 12.0. The van der Waals surface area contributed by atoms with E-state index in [9.17, 15) is 9.59 Å². The third kappa shape index (κ3) is 4.17. The molecule has 0 radical (unpaired) electrons. The molecule has 7 heteroatoms. The fourth-order valence-electron chi connectivity index (χ4n) is 2.49. The van der Waals surface area contributed by atoms with Gasteiger partial charge in [-0.05, 0) is 44.0 Å². The van der Waals surface area contributed by atoms with E-state index in [1.54, 1.807) is 0 Å². The molecule has 1 saturated carbocycles. The zero-order valence-electron chi connectivity index (χ0n) is 13.9. The van der Waals surface area contributed by atoms with Gasteiger partial charge in [0, 0.05) is 17.5 Å². The Kier molecular flexibility index (Phi) is 5.03. The molecule has 3 rings (SSSR count). The molecule has 132 valence electrons. The number of nitrogens with one attached hydrogen (secondary N) is 1. The van der Waals surface area contributed by atoms with Gasteiger partial charge < -0.3 is 15.2 Å². The summed E-state index contributed by atoms with van der Waals surface area (Å²) in [6.07, 6.45) is 1.41. The van der Waals surface area contributed by atoms with E-state index in [-0.39, 0.29) is 18.9 Å². The number of aromatic nitrogens is 1. The Labute approximate surface area is 149 Å². The topological polar surface area (TPSA) is 88.5 Å². The second-order valence-electron chi connectivity index (χ2n) is 6.14. The van der Waals surface area contributed by atoms with Crippen LogP contribution < -0.4 is 10.1 Å². The maximum absolute atomic E-state index is 12.0. The lowest BCUT2D eigenvalue weighted by Crippen LogP contribution is -2.35. The molecule has 0 spiro atoms. The first-order valence-electron chi connectivity index (χ1n) is 8.20. The minimum absolute atomic E-state index is 0.156. The number of carbonyl (C=O) groups is 2. The highest BCUT2D eigenvalue weighted by Crippen LogP contribution is 2.45. The van der Waals surface area contributed by atoms with Crippen molar-refractivity contribution in [3.8, 4) is 16.3 Å². The highest BCUT2D eigenvalue weighted by molar-refractivity contribution is 7.13. The van der Waals surface area contributed by atoms with E-state index in [1.165, 1.54) is 11.3 Å². The summed E-state index contributed by atoms with van der Waals surface area (Å²) in [7, 11) is 0. The van der Waals surface area contributed by atoms with Crippen molar-refractivity contribution in [1.82, 2.24) is 10.3 Å². The summed E-state index contributed by atoms with van der Waals surface area (Å²) >= 11 is 1.48. The van der Waals surface area contributed by atoms with E-state index in [0.29, 0.717) is 25.1 Å². The standard InChI is InChI=1S/C18H20N2O4S/c1-2-24-14-5-3-12(4-6-14)16-20-13(10-25-16)9-15(21)19-11-18(7-8-18)17(22)23/h3-6,10H,2,7-9,11H2,1H3,(H,19,21)(H,22,23). The van der Waals surface area contributed by atoms with E-state index < -0.39 is 11.4 Å². The molecule has 6 nitrogen and oxygen atoms in total. The Morgan fingerprint density at radius 1 is 1.32 bits per heavy atom. The highest BCUT2D eigenvalue weighted by atomic mass is 32.1. The largest absolute Gasteiger partial charge is 0.494 e. The Morgan fingerprint density at radius 2 is 2.04 bits per heavy atom. The van der Waals surface area contributed by atoms with Gasteiger partial charge in [0.2, 0.25) is 5.91 Å². The number of thiazole rings is 1. The van der Waals surface area contributed by atoms with Gasteiger partial charge in [-0.1, -0.05) is 0 Å². The number of carbonyl (C=O) groups excluding carboxylic acids is 1. The maximum atomic E-state index is 12.0. The van der Waals surface area contributed by atoms with E-state index >= 15 is 0 Å². The zero-order valence-corrected chi connectivity index (χ0v) is 14.8. The molecule has 1 heterocycles. The first kappa shape index (κ1) is 17.4. The summed E-state index contributed by atoms with van der Waals surface area (Å²) in [5, 5.41) is 14.5. The van der Waals surface area contributed by atoms with Crippen molar-refractivity contribution < 1.29 is 19.4 Å². The molecular formula is C18H20N2O4S. The molecular weight excluding hydrogens is 340 g/mol. The highest BCUT2D eigenvalue weighted by Gasteiger charge is 2.50. The van der Waals surface area contributed by atoms with Crippen molar-refractivity contribution in [2.45, 2.75) is 26.2 Å². The second kappa shape index (κ2) is 7.23. The van der Waals surface area contributed by atoms with Crippen LogP contribution in [0.5, 0.6) is 5.75 Å². The van der Waals surface area contributed by atoms with Crippen molar-refractivity contribution in [3.05, 3.63) is 35.3 Å². The Morgan fingerprint density at radius 3 is 2.64 bits per heavy atom. The third-order valence-electron chi connectivity index (χ3n) is 4.24. The number of ether oxygens (including phenoxy) is 1. The molecule has 0 saturated heterocycles. The SMILES string of the molecule is CCOc1ccc(-c2nc(CC(=O)NCC3(C(=O)O)CC3)cs2)cc1. The molecule has 0 aliphatic heterocycles. The van der Waals surface area contributed by atoms with Crippen LogP contribution in [-0.4, -0.2) is 35.1 Å². The average molecular weight is 360 g/mol. The van der Waals surface area contributed by atoms with Crippen LogP contribution in [0.15, 0.2) is 29.6 Å². The van der Waals surface area contributed by atoms with Crippen molar-refractivity contribution in [3.63, 3.8) is 0 Å². The van der Waals surface area contributed by atoms with Crippen molar-refractivity contribution in [1.29, 1.82) is 0 Å². The smallest absolute Gasteiger partial charge is 0.311 e. The van der Waals surface area contributed by atoms with Gasteiger partial charge in [0.05, 0.1) is 24.1 Å². The van der Waals surface area contributed by atoms with Gasteiger partial charge in [-0.3, -0.25) is 9.59 Å². The number of nitrogens with zero attached hydrogens (tertiary/aromatic N) is 1. The van der Waals surface area contributed by atoms with Gasteiger partial charge >= 0.3 is 5.97 Å². The molecule has 0 bridgehead atoms. The lowest BCUT2D eigenvalue weighted by atomic mass is 10.1. The number of carboxylic acids is 1. The summed E-state index contributed by atoms with van der Waals surface area (Å²) in [6.45, 7) is 2.75. The van der Waals surface area contributed by atoms with E-state index in [4.69, 9.17) is 9.84 Å². The molecule has 0 unspecified atom stereocenters. The molecule has 0 atom stereocenters. The van der Waals surface area contributed by atoms with Crippen LogP contribution in [0.25, 0.3) is 10.6 Å². The van der Waals surface area contributed by atoms with Crippen LogP contribution in [0.2, 0.25) is 0 Å². The van der Waals surface area contributed by atoms with E-state index in [0.717, 1.165) is 16.3 Å². The van der Waals surface area contributed by atoms with Crippen LogP contribution in [0.4, 0.5) is 0 Å². The van der Waals surface area contributed by atoms with Gasteiger partial charge in [0.1, 0.15) is 10.8 Å². The van der Waals surface area contributed by atoms with Crippen molar-refractivity contribution in [2.75, 3.05) is 13.2 Å². The fourth-order valence-corrected chi connectivity index (χ4v) is 3.32. The molecule has 25 heavy (non-hydrogen) atoms. The number of aliphatic carboxylic acids is 1. The number of benzene rings is 1. The molecule has 1 aliphatic carbocycles. The average Bonchev–Trinajstić information content (AvgIpc) is 3.27. The predicted molar refractivity (Wildman–Crippen MR) is 94.7 cm³/mol. The fraction of sp³-hybridized carbons (Fsp3) is 0.389. The van der Waals surface area contributed by atoms with Gasteiger partial charge in [0.25, 0.3) is 0 Å². The van der Waals surface area contributed by atoms with Crippen molar-refractivity contribution in [2.24, 2.45) is 5.41 Å². The number of carboxylic acid groups (broad SMARTS) is 1. The number of amides is 1. The summed E-state index contributed by atoms with van der Waals surface area (Å²) < 4.78 is 5.42. The number of rotatable bonds is 8. The lowest BCUT2D eigenvalue weighted by molar-refractivity contribution is -0.143. The summed E-state index contributed by atoms with van der Waals surface area (Å²) in [4.78, 5) is 27.6. The summed E-state index contributed by atoms with van der Waals surface area (Å²) in [5.41, 5.74) is 0.917. The molecule has 2 N–H and O–H groups in total. The third-order valence-corrected chi connectivity index (χ3v) is 5.18. The summed E-state index contributed by atoms with van der Waals surface area (Å²) in [5.74, 6) is -0.217. The Balaban J connectivity index is 1.56. The molecule has 1 aliphatic rings. The molecule has 1 aromatic carbocycles. The molecule has 1 amide bonds. The van der Waals surface area contributed by atoms with Crippen molar-refractivity contribution >= 4 is 23.2 Å². The van der Waals surface area contributed by atoms with Crippen LogP contribution in [0.3, 0.4) is 0 Å². The quantitative estimate of drug-likeness (QED) is 0.756. The lowest BCUT2D eigenvalue weighted by Gasteiger charge is -2.10. The summed E-state index contributed by atoms with van der Waals surface area (Å²) in [6, 6.07) is 7.68. The predicted octanol–water partition coefficient (Wildman–Crippen LogP) is 2.73.